The number of amides is 1. The Labute approximate surface area is 152 Å². The van der Waals surface area contributed by atoms with Crippen molar-refractivity contribution in [1.82, 2.24) is 4.90 Å². The highest BCUT2D eigenvalue weighted by Crippen LogP contribution is 2.32. The molecule has 6 heteroatoms. The minimum absolute atomic E-state index is 0.0424. The lowest BCUT2D eigenvalue weighted by Gasteiger charge is -2.15. The van der Waals surface area contributed by atoms with Crippen LogP contribution in [0.25, 0.3) is 0 Å². The first-order chi connectivity index (χ1) is 12.7. The van der Waals surface area contributed by atoms with E-state index in [0.717, 1.165) is 36.7 Å². The predicted molar refractivity (Wildman–Crippen MR) is 97.8 cm³/mol. The summed E-state index contributed by atoms with van der Waals surface area (Å²) in [7, 11) is 1.66. The summed E-state index contributed by atoms with van der Waals surface area (Å²) in [5.74, 6) is 2.21. The maximum Gasteiger partial charge on any atom is 0.238 e. The third-order valence-electron chi connectivity index (χ3n) is 4.60. The van der Waals surface area contributed by atoms with Crippen molar-refractivity contribution in [2.75, 3.05) is 32.2 Å². The van der Waals surface area contributed by atoms with Crippen molar-refractivity contribution in [3.8, 4) is 17.2 Å². The van der Waals surface area contributed by atoms with E-state index in [2.05, 4.69) is 16.3 Å². The van der Waals surface area contributed by atoms with E-state index >= 15 is 0 Å². The van der Waals surface area contributed by atoms with Crippen LogP contribution in [0.4, 0.5) is 5.69 Å². The largest absolute Gasteiger partial charge is 0.497 e. The molecule has 2 aliphatic rings. The molecule has 1 amide bonds. The lowest BCUT2D eigenvalue weighted by atomic mass is 10.1. The van der Waals surface area contributed by atoms with E-state index in [-0.39, 0.29) is 5.91 Å². The van der Waals surface area contributed by atoms with Gasteiger partial charge >= 0.3 is 0 Å². The van der Waals surface area contributed by atoms with Gasteiger partial charge in [-0.05, 0) is 35.4 Å². The fraction of sp³-hybridized carbons (Fsp3) is 0.350. The monoisotopic (exact) mass is 354 g/mol. The molecule has 0 fully saturated rings. The second kappa shape index (κ2) is 7.25. The summed E-state index contributed by atoms with van der Waals surface area (Å²) in [4.78, 5) is 14.5. The number of hydrogen-bond donors (Lipinski definition) is 1. The minimum atomic E-state index is -0.0424. The van der Waals surface area contributed by atoms with Crippen molar-refractivity contribution >= 4 is 11.6 Å². The van der Waals surface area contributed by atoms with Gasteiger partial charge in [0.05, 0.1) is 26.9 Å². The Kier molecular flexibility index (Phi) is 4.67. The number of methoxy groups -OCH3 is 1. The highest BCUT2D eigenvalue weighted by Gasteiger charge is 2.21. The molecule has 0 aliphatic carbocycles. The highest BCUT2D eigenvalue weighted by molar-refractivity contribution is 5.92. The molecule has 2 heterocycles. The molecule has 136 valence electrons. The van der Waals surface area contributed by atoms with Crippen molar-refractivity contribution in [3.05, 3.63) is 47.5 Å². The second-order valence-electron chi connectivity index (χ2n) is 6.54. The maximum atomic E-state index is 12.4. The number of nitrogens with zero attached hydrogens (tertiary/aromatic N) is 1. The van der Waals surface area contributed by atoms with Crippen molar-refractivity contribution in [3.63, 3.8) is 0 Å². The molecular formula is C20H22N2O4. The molecule has 0 unspecified atom stereocenters. The third-order valence-corrected chi connectivity index (χ3v) is 4.60. The Bertz CT molecular complexity index is 821. The minimum Gasteiger partial charge on any atom is -0.497 e. The van der Waals surface area contributed by atoms with E-state index in [1.165, 1.54) is 11.1 Å². The first-order valence-electron chi connectivity index (χ1n) is 8.79. The number of benzene rings is 2. The van der Waals surface area contributed by atoms with Gasteiger partial charge in [-0.1, -0.05) is 6.07 Å². The molecule has 2 aliphatic heterocycles. The predicted octanol–water partition coefficient (Wildman–Crippen LogP) is 2.81. The molecular weight excluding hydrogens is 332 g/mol. The maximum absolute atomic E-state index is 12.4. The molecule has 26 heavy (non-hydrogen) atoms. The van der Waals surface area contributed by atoms with E-state index in [1.54, 1.807) is 7.11 Å². The molecule has 0 spiro atoms. The van der Waals surface area contributed by atoms with Gasteiger partial charge in [-0.2, -0.15) is 0 Å². The number of fused-ring (bicyclic) bond motifs is 2. The summed E-state index contributed by atoms with van der Waals surface area (Å²) in [6.45, 7) is 3.14. The number of rotatable bonds is 4. The van der Waals surface area contributed by atoms with Gasteiger partial charge in [0.1, 0.15) is 5.75 Å². The van der Waals surface area contributed by atoms with Gasteiger partial charge in [-0.15, -0.1) is 0 Å². The number of hydrogen-bond acceptors (Lipinski definition) is 5. The topological polar surface area (TPSA) is 60.0 Å². The van der Waals surface area contributed by atoms with Crippen LogP contribution in [0.2, 0.25) is 0 Å². The zero-order valence-corrected chi connectivity index (χ0v) is 14.8. The molecule has 0 saturated heterocycles. The van der Waals surface area contributed by atoms with E-state index in [0.29, 0.717) is 25.5 Å². The smallest absolute Gasteiger partial charge is 0.238 e. The Hall–Kier alpha value is -2.73. The van der Waals surface area contributed by atoms with Gasteiger partial charge in [0.15, 0.2) is 11.5 Å². The Balaban J connectivity index is 1.37. The molecule has 0 aromatic heterocycles. The van der Waals surface area contributed by atoms with Crippen LogP contribution in [0.15, 0.2) is 36.4 Å². The normalized spacial score (nSPS) is 15.9. The Morgan fingerprint density at radius 2 is 1.88 bits per heavy atom. The number of carbonyl (C=O) groups is 1. The lowest BCUT2D eigenvalue weighted by molar-refractivity contribution is -0.117. The zero-order chi connectivity index (χ0) is 17.9. The average Bonchev–Trinajstić information content (AvgIpc) is 2.88. The van der Waals surface area contributed by atoms with Crippen molar-refractivity contribution in [1.29, 1.82) is 0 Å². The number of nitrogens with one attached hydrogen (secondary N) is 1. The SMILES string of the molecule is COc1ccc2c(c1)CN(CC(=O)Nc1ccc3c(c1)OCCCO3)C2. The Morgan fingerprint density at radius 3 is 2.73 bits per heavy atom. The van der Waals surface area contributed by atoms with Gasteiger partial charge in [0, 0.05) is 31.3 Å². The summed E-state index contributed by atoms with van der Waals surface area (Å²) in [5, 5.41) is 2.95. The molecule has 1 N–H and O–H groups in total. The Morgan fingerprint density at radius 1 is 1.08 bits per heavy atom. The summed E-state index contributed by atoms with van der Waals surface area (Å²) in [6, 6.07) is 11.6. The molecule has 6 nitrogen and oxygen atoms in total. The van der Waals surface area contributed by atoms with E-state index < -0.39 is 0 Å². The summed E-state index contributed by atoms with van der Waals surface area (Å²) in [6.07, 6.45) is 0.858. The second-order valence-corrected chi connectivity index (χ2v) is 6.54. The van der Waals surface area contributed by atoms with Crippen molar-refractivity contribution in [2.24, 2.45) is 0 Å². The van der Waals surface area contributed by atoms with Gasteiger partial charge in [-0.25, -0.2) is 0 Å². The van der Waals surface area contributed by atoms with Crippen LogP contribution in [-0.4, -0.2) is 37.7 Å². The van der Waals surface area contributed by atoms with Gasteiger partial charge in [-0.3, -0.25) is 9.69 Å². The molecule has 4 rings (SSSR count). The van der Waals surface area contributed by atoms with Crippen LogP contribution < -0.4 is 19.5 Å². The standard InChI is InChI=1S/C20H22N2O4/c1-24-17-5-3-14-11-22(12-15(14)9-17)13-20(23)21-16-4-6-18-19(10-16)26-8-2-7-25-18/h3-6,9-10H,2,7-8,11-13H2,1H3,(H,21,23). The van der Waals surface area contributed by atoms with Crippen LogP contribution >= 0.6 is 0 Å². The molecule has 2 aromatic rings. The summed E-state index contributed by atoms with van der Waals surface area (Å²) < 4.78 is 16.6. The first kappa shape index (κ1) is 16.7. The molecule has 0 saturated carbocycles. The van der Waals surface area contributed by atoms with E-state index in [4.69, 9.17) is 14.2 Å². The molecule has 0 bridgehead atoms. The third kappa shape index (κ3) is 3.60. The molecule has 2 aromatic carbocycles. The summed E-state index contributed by atoms with van der Waals surface area (Å²) >= 11 is 0. The number of ether oxygens (including phenoxy) is 3. The first-order valence-corrected chi connectivity index (χ1v) is 8.79. The summed E-state index contributed by atoms with van der Waals surface area (Å²) in [5.41, 5.74) is 3.18. The van der Waals surface area contributed by atoms with Gasteiger partial charge < -0.3 is 19.5 Å². The van der Waals surface area contributed by atoms with Gasteiger partial charge in [0.2, 0.25) is 5.91 Å². The fourth-order valence-electron chi connectivity index (χ4n) is 3.32. The van der Waals surface area contributed by atoms with Crippen LogP contribution in [0.5, 0.6) is 17.2 Å². The highest BCUT2D eigenvalue weighted by atomic mass is 16.5. The fourth-order valence-corrected chi connectivity index (χ4v) is 3.32. The van der Waals surface area contributed by atoms with E-state index in [9.17, 15) is 4.79 Å². The van der Waals surface area contributed by atoms with Crippen LogP contribution in [0.1, 0.15) is 17.5 Å². The van der Waals surface area contributed by atoms with Crippen molar-refractivity contribution < 1.29 is 19.0 Å². The number of carbonyl (C=O) groups excluding carboxylic acids is 1. The van der Waals surface area contributed by atoms with Crippen LogP contribution in [0.3, 0.4) is 0 Å². The average molecular weight is 354 g/mol. The molecule has 0 atom stereocenters. The van der Waals surface area contributed by atoms with Crippen molar-refractivity contribution in [2.45, 2.75) is 19.5 Å². The number of anilines is 1. The zero-order valence-electron chi connectivity index (χ0n) is 14.8. The quantitative estimate of drug-likeness (QED) is 0.915. The van der Waals surface area contributed by atoms with Crippen LogP contribution in [0, 0.1) is 0 Å². The van der Waals surface area contributed by atoms with Crippen LogP contribution in [-0.2, 0) is 17.9 Å². The van der Waals surface area contributed by atoms with Gasteiger partial charge in [0.25, 0.3) is 0 Å². The molecule has 0 radical (unpaired) electrons. The lowest BCUT2D eigenvalue weighted by Crippen LogP contribution is -2.29. The van der Waals surface area contributed by atoms with E-state index in [1.807, 2.05) is 30.3 Å².